The van der Waals surface area contributed by atoms with Crippen LogP contribution in [0.4, 0.5) is 4.79 Å². The predicted octanol–water partition coefficient (Wildman–Crippen LogP) is 1.14. The number of urea groups is 1. The Bertz CT molecular complexity index is 1300. The molecule has 0 bridgehead atoms. The molecule has 4 heterocycles. The zero-order valence-corrected chi connectivity index (χ0v) is 17.7. The summed E-state index contributed by atoms with van der Waals surface area (Å²) in [4.78, 5) is 47.7. The second-order valence-corrected chi connectivity index (χ2v) is 7.83. The van der Waals surface area contributed by atoms with Crippen molar-refractivity contribution in [3.8, 4) is 17.6 Å². The molecule has 1 saturated heterocycles. The van der Waals surface area contributed by atoms with E-state index in [-0.39, 0.29) is 12.5 Å². The number of imide groups is 1. The Morgan fingerprint density at radius 2 is 2.09 bits per heavy atom. The predicted molar refractivity (Wildman–Crippen MR) is 120 cm³/mol. The molecule has 3 aliphatic heterocycles. The van der Waals surface area contributed by atoms with E-state index in [9.17, 15) is 14.4 Å². The highest BCUT2D eigenvalue weighted by Crippen LogP contribution is 2.28. The summed E-state index contributed by atoms with van der Waals surface area (Å²) in [5.41, 5.74) is 2.04. The van der Waals surface area contributed by atoms with Crippen molar-refractivity contribution < 1.29 is 19.1 Å². The van der Waals surface area contributed by atoms with E-state index < -0.39 is 17.5 Å². The summed E-state index contributed by atoms with van der Waals surface area (Å²) in [7, 11) is 1.53. The lowest BCUT2D eigenvalue weighted by atomic mass is 9.99. The Hall–Kier alpha value is -4.45. The van der Waals surface area contributed by atoms with Crippen molar-refractivity contribution >= 4 is 29.6 Å². The van der Waals surface area contributed by atoms with Crippen LogP contribution < -0.4 is 15.4 Å². The van der Waals surface area contributed by atoms with Crippen LogP contribution >= 0.6 is 0 Å². The standard InChI is InChI=1S/C24H19N5O4/c1-33-18-4-3-17-13-29(21(30)19(17)10-18)14-24(22(31)27-23(32)28-24)8-6-15-2-5-20(26-11-15)16-7-9-25-12-16/h2-5,7,10-12H,9,13-14H2,1H3,(H2,27,28,31,32)/t24-/m1/s1. The molecule has 4 amide bonds. The average molecular weight is 441 g/mol. The summed E-state index contributed by atoms with van der Waals surface area (Å²) < 4.78 is 5.21. The normalized spacial score (nSPS) is 20.7. The largest absolute Gasteiger partial charge is 0.497 e. The number of methoxy groups -OCH3 is 1. The van der Waals surface area contributed by atoms with Crippen LogP contribution in [-0.2, 0) is 11.3 Å². The number of rotatable bonds is 4. The minimum atomic E-state index is -1.57. The topological polar surface area (TPSA) is 113 Å². The summed E-state index contributed by atoms with van der Waals surface area (Å²) in [5, 5.41) is 4.83. The lowest BCUT2D eigenvalue weighted by Crippen LogP contribution is -2.54. The number of benzene rings is 1. The molecule has 3 aliphatic rings. The summed E-state index contributed by atoms with van der Waals surface area (Å²) in [6.07, 6.45) is 5.34. The van der Waals surface area contributed by atoms with Crippen LogP contribution in [0.15, 0.2) is 47.6 Å². The van der Waals surface area contributed by atoms with Gasteiger partial charge in [0, 0.05) is 35.7 Å². The minimum Gasteiger partial charge on any atom is -0.497 e. The van der Waals surface area contributed by atoms with Crippen LogP contribution in [0.2, 0.25) is 0 Å². The first-order chi connectivity index (χ1) is 16.0. The number of carbonyl (C=O) groups excluding carboxylic acids is 3. The number of hydrogen-bond donors (Lipinski definition) is 2. The summed E-state index contributed by atoms with van der Waals surface area (Å²) >= 11 is 0. The van der Waals surface area contributed by atoms with E-state index in [1.165, 1.54) is 12.0 Å². The number of pyridine rings is 1. The number of nitrogens with zero attached hydrogens (tertiary/aromatic N) is 3. The van der Waals surface area contributed by atoms with Crippen LogP contribution in [0.1, 0.15) is 27.2 Å². The fraction of sp³-hybridized carbons (Fsp3) is 0.208. The molecular weight excluding hydrogens is 422 g/mol. The van der Waals surface area contributed by atoms with E-state index in [1.807, 2.05) is 18.2 Å². The van der Waals surface area contributed by atoms with Gasteiger partial charge in [-0.25, -0.2) is 4.79 Å². The molecule has 1 aromatic heterocycles. The minimum absolute atomic E-state index is 0.0950. The zero-order chi connectivity index (χ0) is 23.0. The van der Waals surface area contributed by atoms with Crippen LogP contribution in [0.3, 0.4) is 0 Å². The molecule has 1 fully saturated rings. The lowest BCUT2D eigenvalue weighted by molar-refractivity contribution is -0.122. The monoisotopic (exact) mass is 441 g/mol. The Labute approximate surface area is 189 Å². The first-order valence-electron chi connectivity index (χ1n) is 10.3. The molecule has 5 rings (SSSR count). The quantitative estimate of drug-likeness (QED) is 0.546. The Morgan fingerprint density at radius 3 is 2.76 bits per heavy atom. The second-order valence-electron chi connectivity index (χ2n) is 7.83. The number of fused-ring (bicyclic) bond motifs is 1. The molecule has 0 radical (unpaired) electrons. The zero-order valence-electron chi connectivity index (χ0n) is 17.7. The Morgan fingerprint density at radius 1 is 1.21 bits per heavy atom. The van der Waals surface area contributed by atoms with Crippen LogP contribution in [-0.4, -0.2) is 59.7 Å². The summed E-state index contributed by atoms with van der Waals surface area (Å²) in [6.45, 7) is 0.849. The van der Waals surface area contributed by atoms with Crippen LogP contribution in [0, 0.1) is 11.8 Å². The average Bonchev–Trinajstić information content (AvgIpc) is 3.52. The second kappa shape index (κ2) is 7.91. The van der Waals surface area contributed by atoms with E-state index in [0.29, 0.717) is 30.0 Å². The molecule has 1 aromatic carbocycles. The van der Waals surface area contributed by atoms with Gasteiger partial charge in [-0.05, 0) is 29.8 Å². The number of aromatic nitrogens is 1. The van der Waals surface area contributed by atoms with E-state index in [2.05, 4.69) is 32.5 Å². The molecule has 0 aliphatic carbocycles. The van der Waals surface area contributed by atoms with Gasteiger partial charge < -0.3 is 15.0 Å². The Kier molecular flexibility index (Phi) is 4.90. The smallest absolute Gasteiger partial charge is 0.323 e. The van der Waals surface area contributed by atoms with Gasteiger partial charge in [-0.1, -0.05) is 24.0 Å². The van der Waals surface area contributed by atoms with Crippen molar-refractivity contribution in [2.75, 3.05) is 20.2 Å². The SMILES string of the molecule is COc1ccc2c(c1)C(=O)N(C[C@@]1(C#Cc3ccc(C4=CCN=C4)nc3)NC(=O)NC1=O)C2. The number of carbonyl (C=O) groups is 3. The maximum Gasteiger partial charge on any atom is 0.323 e. The van der Waals surface area contributed by atoms with Gasteiger partial charge in [0.2, 0.25) is 5.54 Å². The highest BCUT2D eigenvalue weighted by Gasteiger charge is 2.48. The van der Waals surface area contributed by atoms with Crippen molar-refractivity contribution in [3.05, 3.63) is 65.0 Å². The Balaban J connectivity index is 1.41. The number of hydrogen-bond acceptors (Lipinski definition) is 6. The van der Waals surface area contributed by atoms with Crippen LogP contribution in [0.25, 0.3) is 5.57 Å². The van der Waals surface area contributed by atoms with Crippen molar-refractivity contribution in [3.63, 3.8) is 0 Å². The molecule has 33 heavy (non-hydrogen) atoms. The van der Waals surface area contributed by atoms with Crippen molar-refractivity contribution in [2.45, 2.75) is 12.1 Å². The molecule has 9 nitrogen and oxygen atoms in total. The molecule has 0 spiro atoms. The molecular formula is C24H19N5O4. The fourth-order valence-electron chi connectivity index (χ4n) is 3.95. The number of nitrogens with one attached hydrogen (secondary N) is 2. The lowest BCUT2D eigenvalue weighted by Gasteiger charge is -2.26. The third-order valence-corrected chi connectivity index (χ3v) is 5.69. The van der Waals surface area contributed by atoms with Gasteiger partial charge in [-0.2, -0.15) is 0 Å². The molecule has 164 valence electrons. The third-order valence-electron chi connectivity index (χ3n) is 5.69. The number of allylic oxidation sites excluding steroid dienone is 1. The van der Waals surface area contributed by atoms with Crippen molar-refractivity contribution in [1.29, 1.82) is 0 Å². The van der Waals surface area contributed by atoms with Gasteiger partial charge in [0.05, 0.1) is 25.9 Å². The molecule has 9 heteroatoms. The van der Waals surface area contributed by atoms with Gasteiger partial charge >= 0.3 is 6.03 Å². The summed E-state index contributed by atoms with van der Waals surface area (Å²) in [6, 6.07) is 8.21. The fourth-order valence-corrected chi connectivity index (χ4v) is 3.95. The van der Waals surface area contributed by atoms with Gasteiger partial charge in [-0.3, -0.25) is 24.9 Å². The number of amides is 4. The molecule has 2 aromatic rings. The van der Waals surface area contributed by atoms with E-state index >= 15 is 0 Å². The van der Waals surface area contributed by atoms with E-state index in [0.717, 1.165) is 16.8 Å². The van der Waals surface area contributed by atoms with E-state index in [4.69, 9.17) is 4.74 Å². The van der Waals surface area contributed by atoms with Crippen molar-refractivity contribution in [1.82, 2.24) is 20.5 Å². The highest BCUT2D eigenvalue weighted by atomic mass is 16.5. The maximum atomic E-state index is 13.0. The summed E-state index contributed by atoms with van der Waals surface area (Å²) in [5.74, 6) is 5.53. The molecule has 0 saturated carbocycles. The molecule has 0 unspecified atom stereocenters. The number of ether oxygens (including phenoxy) is 1. The first kappa shape index (κ1) is 20.5. The number of aliphatic imine (C=N–C) groups is 1. The molecule has 2 N–H and O–H groups in total. The maximum absolute atomic E-state index is 13.0. The molecule has 1 atom stereocenters. The van der Waals surface area contributed by atoms with Gasteiger partial charge in [0.25, 0.3) is 11.8 Å². The van der Waals surface area contributed by atoms with Gasteiger partial charge in [0.15, 0.2) is 0 Å². The first-order valence-corrected chi connectivity index (χ1v) is 10.3. The highest BCUT2D eigenvalue weighted by molar-refractivity contribution is 6.11. The van der Waals surface area contributed by atoms with E-state index in [1.54, 1.807) is 30.6 Å². The van der Waals surface area contributed by atoms with Crippen LogP contribution in [0.5, 0.6) is 5.75 Å². The third kappa shape index (κ3) is 3.72. The van der Waals surface area contributed by atoms with Gasteiger partial charge in [0.1, 0.15) is 5.75 Å². The van der Waals surface area contributed by atoms with Crippen molar-refractivity contribution in [2.24, 2.45) is 4.99 Å². The van der Waals surface area contributed by atoms with Gasteiger partial charge in [-0.15, -0.1) is 0 Å².